The molecule has 0 bridgehead atoms. The molecule has 1 aliphatic carbocycles. The van der Waals surface area contributed by atoms with Crippen LogP contribution in [0.4, 0.5) is 0 Å². The number of pyridine rings is 1. The molecule has 0 saturated heterocycles. The Morgan fingerprint density at radius 3 is 2.93 bits per heavy atom. The molecule has 1 aliphatic rings. The number of carbonyl (C=O) groups is 1. The maximum Gasteiger partial charge on any atom is 0.220 e. The molecule has 154 valence electrons. The Morgan fingerprint density at radius 1 is 1.38 bits per heavy atom. The summed E-state index contributed by atoms with van der Waals surface area (Å²) in [6.45, 7) is 4.94. The number of hydrogen-bond donors (Lipinski definition) is 1. The van der Waals surface area contributed by atoms with Gasteiger partial charge in [-0.1, -0.05) is 6.07 Å². The van der Waals surface area contributed by atoms with Crippen molar-refractivity contribution in [1.29, 1.82) is 5.26 Å². The molecule has 0 atom stereocenters. The number of amides is 1. The van der Waals surface area contributed by atoms with E-state index in [1.807, 2.05) is 30.7 Å². The molecule has 1 N–H and O–H groups in total. The van der Waals surface area contributed by atoms with Crippen LogP contribution in [0.15, 0.2) is 18.3 Å². The summed E-state index contributed by atoms with van der Waals surface area (Å²) in [6, 6.07) is 5.96. The second kappa shape index (κ2) is 10.1. The van der Waals surface area contributed by atoms with Gasteiger partial charge in [-0.15, -0.1) is 0 Å². The molecule has 3 rings (SSSR count). The van der Waals surface area contributed by atoms with Crippen molar-refractivity contribution in [2.45, 2.75) is 78.0 Å². The number of ether oxygens (including phenoxy) is 1. The summed E-state index contributed by atoms with van der Waals surface area (Å²) in [7, 11) is 0. The number of nitriles is 1. The molecule has 7 nitrogen and oxygen atoms in total. The Labute approximate surface area is 172 Å². The standard InChI is InChI=1S/C22H29N5O2/c1-16-20(17(2)27(26-16)14-6-12-23)10-11-21(28)25-15-18-7-5-13-24-22(18)29-19-8-3-4-9-19/h5,7,13,19H,3-4,6,8-11,14-15H2,1-2H3,(H,25,28). The zero-order chi connectivity index (χ0) is 20.6. The van der Waals surface area contributed by atoms with Crippen LogP contribution in [0.5, 0.6) is 5.88 Å². The van der Waals surface area contributed by atoms with E-state index in [1.165, 1.54) is 12.8 Å². The van der Waals surface area contributed by atoms with Gasteiger partial charge < -0.3 is 10.1 Å². The minimum atomic E-state index is -0.00996. The van der Waals surface area contributed by atoms with Crippen LogP contribution in [0.3, 0.4) is 0 Å². The summed E-state index contributed by atoms with van der Waals surface area (Å²) in [6.07, 6.45) is 7.97. The quantitative estimate of drug-likeness (QED) is 0.703. The molecule has 2 aromatic rings. The maximum atomic E-state index is 12.4. The molecule has 0 aromatic carbocycles. The minimum absolute atomic E-state index is 0.00996. The lowest BCUT2D eigenvalue weighted by atomic mass is 10.1. The number of rotatable bonds is 9. The summed E-state index contributed by atoms with van der Waals surface area (Å²) >= 11 is 0. The molecular weight excluding hydrogens is 366 g/mol. The van der Waals surface area contributed by atoms with E-state index in [4.69, 9.17) is 10.00 Å². The predicted molar refractivity (Wildman–Crippen MR) is 109 cm³/mol. The lowest BCUT2D eigenvalue weighted by molar-refractivity contribution is -0.121. The normalized spacial score (nSPS) is 14.0. The monoisotopic (exact) mass is 395 g/mol. The van der Waals surface area contributed by atoms with Crippen molar-refractivity contribution in [3.8, 4) is 11.9 Å². The van der Waals surface area contributed by atoms with Gasteiger partial charge in [0.05, 0.1) is 24.7 Å². The molecule has 0 aliphatic heterocycles. The van der Waals surface area contributed by atoms with Crippen LogP contribution in [0.1, 0.15) is 61.0 Å². The number of nitrogens with one attached hydrogen (secondary N) is 1. The van der Waals surface area contributed by atoms with Crippen molar-refractivity contribution < 1.29 is 9.53 Å². The first-order valence-corrected chi connectivity index (χ1v) is 10.4. The first-order valence-electron chi connectivity index (χ1n) is 10.4. The third-order valence-corrected chi connectivity index (χ3v) is 5.48. The largest absolute Gasteiger partial charge is 0.474 e. The SMILES string of the molecule is Cc1nn(CCC#N)c(C)c1CCC(=O)NCc1cccnc1OC1CCCC1. The molecule has 2 heterocycles. The van der Waals surface area contributed by atoms with Crippen LogP contribution in [0.25, 0.3) is 0 Å². The van der Waals surface area contributed by atoms with Crippen LogP contribution >= 0.6 is 0 Å². The second-order valence-corrected chi connectivity index (χ2v) is 7.55. The highest BCUT2D eigenvalue weighted by atomic mass is 16.5. The van der Waals surface area contributed by atoms with E-state index in [-0.39, 0.29) is 12.0 Å². The Kier molecular flexibility index (Phi) is 7.23. The van der Waals surface area contributed by atoms with Crippen molar-refractivity contribution in [2.75, 3.05) is 0 Å². The van der Waals surface area contributed by atoms with Crippen LogP contribution in [0, 0.1) is 25.2 Å². The van der Waals surface area contributed by atoms with Crippen LogP contribution in [-0.4, -0.2) is 26.8 Å². The van der Waals surface area contributed by atoms with Gasteiger partial charge in [-0.05, 0) is 57.6 Å². The molecule has 1 fully saturated rings. The van der Waals surface area contributed by atoms with Crippen molar-refractivity contribution >= 4 is 5.91 Å². The first-order chi connectivity index (χ1) is 14.1. The number of nitrogens with zero attached hydrogens (tertiary/aromatic N) is 4. The number of hydrogen-bond acceptors (Lipinski definition) is 5. The van der Waals surface area contributed by atoms with E-state index in [1.54, 1.807) is 6.20 Å². The Bertz CT molecular complexity index is 878. The van der Waals surface area contributed by atoms with E-state index in [9.17, 15) is 4.79 Å². The minimum Gasteiger partial charge on any atom is -0.474 e. The Hall–Kier alpha value is -2.88. The van der Waals surface area contributed by atoms with Crippen LogP contribution in [0.2, 0.25) is 0 Å². The zero-order valence-electron chi connectivity index (χ0n) is 17.3. The lowest BCUT2D eigenvalue weighted by Gasteiger charge is -2.15. The van der Waals surface area contributed by atoms with Crippen molar-refractivity contribution in [3.63, 3.8) is 0 Å². The summed E-state index contributed by atoms with van der Waals surface area (Å²) in [4.78, 5) is 16.8. The Balaban J connectivity index is 1.52. The van der Waals surface area contributed by atoms with Gasteiger partial charge in [0.15, 0.2) is 0 Å². The van der Waals surface area contributed by atoms with Gasteiger partial charge in [-0.3, -0.25) is 9.48 Å². The van der Waals surface area contributed by atoms with E-state index < -0.39 is 0 Å². The summed E-state index contributed by atoms with van der Waals surface area (Å²) < 4.78 is 7.89. The van der Waals surface area contributed by atoms with Gasteiger partial charge in [0.1, 0.15) is 6.10 Å². The molecule has 1 saturated carbocycles. The molecule has 0 spiro atoms. The highest BCUT2D eigenvalue weighted by molar-refractivity contribution is 5.76. The molecular formula is C22H29N5O2. The number of aromatic nitrogens is 3. The Morgan fingerprint density at radius 2 is 2.17 bits per heavy atom. The molecule has 29 heavy (non-hydrogen) atoms. The maximum absolute atomic E-state index is 12.4. The van der Waals surface area contributed by atoms with E-state index in [0.29, 0.717) is 38.2 Å². The molecule has 0 unspecified atom stereocenters. The number of carbonyl (C=O) groups excluding carboxylic acids is 1. The van der Waals surface area contributed by atoms with Gasteiger partial charge in [0.25, 0.3) is 0 Å². The third-order valence-electron chi connectivity index (χ3n) is 5.48. The van der Waals surface area contributed by atoms with Crippen molar-refractivity contribution in [2.24, 2.45) is 0 Å². The highest BCUT2D eigenvalue weighted by Gasteiger charge is 2.19. The smallest absolute Gasteiger partial charge is 0.220 e. The highest BCUT2D eigenvalue weighted by Crippen LogP contribution is 2.25. The fourth-order valence-electron chi connectivity index (χ4n) is 3.82. The summed E-state index contributed by atoms with van der Waals surface area (Å²) in [5, 5.41) is 16.2. The fraction of sp³-hybridized carbons (Fsp3) is 0.545. The third kappa shape index (κ3) is 5.57. The topological polar surface area (TPSA) is 92.8 Å². The van der Waals surface area contributed by atoms with Gasteiger partial charge in [0, 0.05) is 30.4 Å². The molecule has 0 radical (unpaired) electrons. The van der Waals surface area contributed by atoms with Gasteiger partial charge in [-0.2, -0.15) is 10.4 Å². The lowest BCUT2D eigenvalue weighted by Crippen LogP contribution is -2.24. The van der Waals surface area contributed by atoms with Gasteiger partial charge in [0.2, 0.25) is 11.8 Å². The average Bonchev–Trinajstić information content (AvgIpc) is 3.32. The summed E-state index contributed by atoms with van der Waals surface area (Å²) in [5.74, 6) is 0.620. The second-order valence-electron chi connectivity index (χ2n) is 7.55. The average molecular weight is 396 g/mol. The first kappa shape index (κ1) is 20.8. The van der Waals surface area contributed by atoms with E-state index in [2.05, 4.69) is 21.5 Å². The van der Waals surface area contributed by atoms with Gasteiger partial charge >= 0.3 is 0 Å². The fourth-order valence-corrected chi connectivity index (χ4v) is 3.82. The van der Waals surface area contributed by atoms with Crippen molar-refractivity contribution in [3.05, 3.63) is 40.8 Å². The van der Waals surface area contributed by atoms with E-state index in [0.717, 1.165) is 35.4 Å². The zero-order valence-corrected chi connectivity index (χ0v) is 17.3. The summed E-state index contributed by atoms with van der Waals surface area (Å²) in [5.41, 5.74) is 3.95. The van der Waals surface area contributed by atoms with Crippen molar-refractivity contribution in [1.82, 2.24) is 20.1 Å². The van der Waals surface area contributed by atoms with Crippen LogP contribution in [-0.2, 0) is 24.3 Å². The molecule has 7 heteroatoms. The predicted octanol–water partition coefficient (Wildman–Crippen LogP) is 3.38. The van der Waals surface area contributed by atoms with Crippen LogP contribution < -0.4 is 10.1 Å². The van der Waals surface area contributed by atoms with Gasteiger partial charge in [-0.25, -0.2) is 4.98 Å². The number of aryl methyl sites for hydroxylation is 2. The molecule has 2 aromatic heterocycles. The van der Waals surface area contributed by atoms with E-state index >= 15 is 0 Å². The molecule has 1 amide bonds.